The minimum absolute atomic E-state index is 0.783. The lowest BCUT2D eigenvalue weighted by Crippen LogP contribution is -2.43. The molecule has 34 heavy (non-hydrogen) atoms. The molecule has 1 aliphatic rings. The number of aryl methyl sites for hydroxylation is 1. The van der Waals surface area contributed by atoms with Gasteiger partial charge < -0.3 is 14.5 Å². The molecule has 0 atom stereocenters. The molecule has 0 radical (unpaired) electrons. The predicted octanol–water partition coefficient (Wildman–Crippen LogP) is 6.39. The van der Waals surface area contributed by atoms with Gasteiger partial charge in [-0.25, -0.2) is 0 Å². The largest absolute Gasteiger partial charge is 0.366 e. The Balaban J connectivity index is 1.47. The van der Waals surface area contributed by atoms with Crippen molar-refractivity contribution in [2.75, 3.05) is 33.2 Å². The van der Waals surface area contributed by atoms with E-state index in [0.717, 1.165) is 48.9 Å². The summed E-state index contributed by atoms with van der Waals surface area (Å²) in [5.41, 5.74) is 7.20. The molecular weight excluding hydrogens is 440 g/mol. The lowest BCUT2D eigenvalue weighted by atomic mass is 9.93. The maximum Gasteiger partial charge on any atom is 0.0491 e. The highest BCUT2D eigenvalue weighted by Crippen LogP contribution is 2.42. The van der Waals surface area contributed by atoms with Crippen LogP contribution in [0, 0.1) is 0 Å². The SMILES string of the molecule is CN1CCN(Cc2ccc3ccc(Cl)c(-c4c[nH]cc4-c4cn(C)c5ccccc45)c3c2)CC1. The third kappa shape index (κ3) is 3.72. The lowest BCUT2D eigenvalue weighted by molar-refractivity contribution is 0.148. The van der Waals surface area contributed by atoms with Crippen molar-refractivity contribution in [3.8, 4) is 22.3 Å². The maximum absolute atomic E-state index is 6.90. The Morgan fingerprint density at radius 3 is 2.44 bits per heavy atom. The Morgan fingerprint density at radius 2 is 1.59 bits per heavy atom. The quantitative estimate of drug-likeness (QED) is 0.330. The number of fused-ring (bicyclic) bond motifs is 2. The molecule has 3 aromatic carbocycles. The first-order valence-corrected chi connectivity index (χ1v) is 12.3. The summed E-state index contributed by atoms with van der Waals surface area (Å²) in [6.07, 6.45) is 6.40. The Bertz CT molecular complexity index is 1490. The Kier molecular flexibility index (Phi) is 5.45. The lowest BCUT2D eigenvalue weighted by Gasteiger charge is -2.32. The molecule has 2 aromatic heterocycles. The van der Waals surface area contributed by atoms with Crippen LogP contribution in [0.3, 0.4) is 0 Å². The zero-order chi connectivity index (χ0) is 23.2. The van der Waals surface area contributed by atoms with Gasteiger partial charge in [0.1, 0.15) is 0 Å². The van der Waals surface area contributed by atoms with Crippen molar-refractivity contribution < 1.29 is 0 Å². The number of benzene rings is 3. The van der Waals surface area contributed by atoms with E-state index in [1.165, 1.54) is 38.4 Å². The van der Waals surface area contributed by atoms with E-state index in [9.17, 15) is 0 Å². The number of hydrogen-bond donors (Lipinski definition) is 1. The van der Waals surface area contributed by atoms with Gasteiger partial charge in [0, 0.05) is 96.5 Å². The number of para-hydroxylation sites is 1. The second kappa shape index (κ2) is 8.62. The van der Waals surface area contributed by atoms with E-state index >= 15 is 0 Å². The standard InChI is InChI=1S/C29H29ClN4/c1-32-11-13-34(14-12-32)18-20-7-8-21-9-10-27(30)29(23(21)15-20)25-17-31-16-24(25)26-19-33(2)28-6-4-3-5-22(26)28/h3-10,15-17,19,31H,11-14,18H2,1-2H3. The molecular formula is C29H29ClN4. The minimum atomic E-state index is 0.783. The number of likely N-dealkylation sites (N-methyl/N-ethyl adjacent to an activating group) is 1. The van der Waals surface area contributed by atoms with Gasteiger partial charge in [-0.1, -0.05) is 48.0 Å². The fourth-order valence-corrected chi connectivity index (χ4v) is 5.59. The van der Waals surface area contributed by atoms with Crippen molar-refractivity contribution in [2.45, 2.75) is 6.54 Å². The molecule has 1 N–H and O–H groups in total. The number of aromatic amines is 1. The maximum atomic E-state index is 6.90. The topological polar surface area (TPSA) is 27.2 Å². The van der Waals surface area contributed by atoms with Crippen molar-refractivity contribution in [3.05, 3.63) is 83.8 Å². The highest BCUT2D eigenvalue weighted by atomic mass is 35.5. The van der Waals surface area contributed by atoms with Crippen LogP contribution in [-0.2, 0) is 13.6 Å². The second-order valence-electron chi connectivity index (χ2n) is 9.51. The molecule has 0 spiro atoms. The number of hydrogen-bond acceptors (Lipinski definition) is 2. The van der Waals surface area contributed by atoms with Gasteiger partial charge in [0.15, 0.2) is 0 Å². The van der Waals surface area contributed by atoms with Gasteiger partial charge in [-0.2, -0.15) is 0 Å². The molecule has 3 heterocycles. The van der Waals surface area contributed by atoms with Crippen LogP contribution < -0.4 is 0 Å². The number of nitrogens with zero attached hydrogens (tertiary/aromatic N) is 3. The van der Waals surface area contributed by atoms with Gasteiger partial charge in [0.25, 0.3) is 0 Å². The first kappa shape index (κ1) is 21.5. The van der Waals surface area contributed by atoms with Crippen molar-refractivity contribution in [1.82, 2.24) is 19.4 Å². The van der Waals surface area contributed by atoms with E-state index in [1.54, 1.807) is 0 Å². The van der Waals surface area contributed by atoms with E-state index in [0.29, 0.717) is 0 Å². The summed E-state index contributed by atoms with van der Waals surface area (Å²) in [5, 5.41) is 4.45. The second-order valence-corrected chi connectivity index (χ2v) is 9.92. The molecule has 0 aliphatic carbocycles. The smallest absolute Gasteiger partial charge is 0.0491 e. The molecule has 0 unspecified atom stereocenters. The normalized spacial score (nSPS) is 15.5. The monoisotopic (exact) mass is 468 g/mol. The molecule has 0 saturated carbocycles. The van der Waals surface area contributed by atoms with E-state index in [-0.39, 0.29) is 0 Å². The zero-order valence-electron chi connectivity index (χ0n) is 19.7. The molecule has 172 valence electrons. The van der Waals surface area contributed by atoms with Crippen LogP contribution in [0.1, 0.15) is 5.56 Å². The Hall–Kier alpha value is -3.05. The Morgan fingerprint density at radius 1 is 0.824 bits per heavy atom. The summed E-state index contributed by atoms with van der Waals surface area (Å²) in [5.74, 6) is 0. The summed E-state index contributed by atoms with van der Waals surface area (Å²) in [6, 6.07) is 19.6. The molecule has 0 amide bonds. The molecule has 1 saturated heterocycles. The van der Waals surface area contributed by atoms with E-state index < -0.39 is 0 Å². The average Bonchev–Trinajstić information content (AvgIpc) is 3.45. The summed E-state index contributed by atoms with van der Waals surface area (Å²) < 4.78 is 2.19. The van der Waals surface area contributed by atoms with Gasteiger partial charge in [-0.05, 0) is 41.6 Å². The number of rotatable bonds is 4. The molecule has 4 nitrogen and oxygen atoms in total. The molecule has 5 aromatic rings. The summed E-state index contributed by atoms with van der Waals surface area (Å²) in [7, 11) is 4.31. The number of nitrogens with one attached hydrogen (secondary N) is 1. The fourth-order valence-electron chi connectivity index (χ4n) is 5.33. The van der Waals surface area contributed by atoms with Crippen LogP contribution >= 0.6 is 11.6 Å². The summed E-state index contributed by atoms with van der Waals surface area (Å²) in [6.45, 7) is 5.45. The molecule has 0 bridgehead atoms. The first-order valence-electron chi connectivity index (χ1n) is 11.9. The van der Waals surface area contributed by atoms with E-state index in [2.05, 4.69) is 101 Å². The van der Waals surface area contributed by atoms with Crippen LogP contribution in [-0.4, -0.2) is 52.6 Å². The van der Waals surface area contributed by atoms with Crippen molar-refractivity contribution in [3.63, 3.8) is 0 Å². The van der Waals surface area contributed by atoms with Crippen molar-refractivity contribution >= 4 is 33.3 Å². The summed E-state index contributed by atoms with van der Waals surface area (Å²) >= 11 is 6.90. The summed E-state index contributed by atoms with van der Waals surface area (Å²) in [4.78, 5) is 8.31. The van der Waals surface area contributed by atoms with Crippen LogP contribution in [0.2, 0.25) is 5.02 Å². The van der Waals surface area contributed by atoms with Crippen LogP contribution in [0.25, 0.3) is 43.9 Å². The number of aromatic nitrogens is 2. The first-order chi connectivity index (χ1) is 16.6. The number of piperazine rings is 1. The molecule has 1 aliphatic heterocycles. The third-order valence-electron chi connectivity index (χ3n) is 7.24. The number of H-pyrrole nitrogens is 1. The van der Waals surface area contributed by atoms with Gasteiger partial charge in [0.05, 0.1) is 0 Å². The van der Waals surface area contributed by atoms with Crippen LogP contribution in [0.5, 0.6) is 0 Å². The van der Waals surface area contributed by atoms with Crippen molar-refractivity contribution in [1.29, 1.82) is 0 Å². The van der Waals surface area contributed by atoms with Gasteiger partial charge in [0.2, 0.25) is 0 Å². The average molecular weight is 469 g/mol. The third-order valence-corrected chi connectivity index (χ3v) is 7.55. The van der Waals surface area contributed by atoms with Crippen molar-refractivity contribution in [2.24, 2.45) is 7.05 Å². The van der Waals surface area contributed by atoms with E-state index in [1.807, 2.05) is 6.07 Å². The highest BCUT2D eigenvalue weighted by Gasteiger charge is 2.19. The van der Waals surface area contributed by atoms with Gasteiger partial charge in [-0.15, -0.1) is 0 Å². The van der Waals surface area contributed by atoms with Gasteiger partial charge in [-0.3, -0.25) is 4.90 Å². The van der Waals surface area contributed by atoms with Gasteiger partial charge >= 0.3 is 0 Å². The van der Waals surface area contributed by atoms with Crippen LogP contribution in [0.4, 0.5) is 0 Å². The van der Waals surface area contributed by atoms with E-state index in [4.69, 9.17) is 11.6 Å². The molecule has 6 rings (SSSR count). The molecule has 5 heteroatoms. The van der Waals surface area contributed by atoms with Crippen LogP contribution in [0.15, 0.2) is 73.2 Å². The predicted molar refractivity (Wildman–Crippen MR) is 143 cm³/mol. The fraction of sp³-hybridized carbons (Fsp3) is 0.241. The highest BCUT2D eigenvalue weighted by molar-refractivity contribution is 6.35. The minimum Gasteiger partial charge on any atom is -0.366 e. The Labute approximate surface area is 205 Å². The zero-order valence-corrected chi connectivity index (χ0v) is 20.4. The molecule has 1 fully saturated rings. The number of halogens is 1.